The molecule has 1 aliphatic carbocycles. The van der Waals surface area contributed by atoms with Crippen LogP contribution in [0.25, 0.3) is 0 Å². The summed E-state index contributed by atoms with van der Waals surface area (Å²) in [5, 5.41) is 10.2. The van der Waals surface area contributed by atoms with E-state index >= 15 is 0 Å². The first-order valence-electron chi connectivity index (χ1n) is 7.37. The molecule has 2 atom stereocenters. The third-order valence-electron chi connectivity index (χ3n) is 3.97. The fourth-order valence-corrected chi connectivity index (χ4v) is 3.78. The third kappa shape index (κ3) is 3.17. The highest BCUT2D eigenvalue weighted by Crippen LogP contribution is 2.36. The molecule has 0 unspecified atom stereocenters. The van der Waals surface area contributed by atoms with Crippen LogP contribution in [0.5, 0.6) is 0 Å². The van der Waals surface area contributed by atoms with E-state index in [1.165, 1.54) is 5.56 Å². The number of aliphatic hydroxyl groups is 1. The summed E-state index contributed by atoms with van der Waals surface area (Å²) in [6.45, 7) is 0. The standard InChI is InChI=1S/C18H17IO3/c19-14-10-4-8-12-9-5-11-15(16(12)14)22-18(21)17(20)13-6-2-1-3-7-13/h1-4,6-8,10,15,17,20H,5,9,11H2/t15-,17-/m1/s1. The van der Waals surface area contributed by atoms with Crippen LogP contribution in [0.3, 0.4) is 0 Å². The molecule has 1 N–H and O–H groups in total. The number of carbonyl (C=O) groups is 1. The van der Waals surface area contributed by atoms with Gasteiger partial charge in [0.15, 0.2) is 6.10 Å². The predicted molar refractivity (Wildman–Crippen MR) is 92.3 cm³/mol. The Morgan fingerprint density at radius 2 is 1.95 bits per heavy atom. The second kappa shape index (κ2) is 6.79. The molecule has 0 bridgehead atoms. The molecule has 0 saturated heterocycles. The lowest BCUT2D eigenvalue weighted by Gasteiger charge is -2.27. The molecule has 0 heterocycles. The molecular weight excluding hydrogens is 391 g/mol. The van der Waals surface area contributed by atoms with E-state index in [0.717, 1.165) is 28.4 Å². The van der Waals surface area contributed by atoms with E-state index in [2.05, 4.69) is 28.7 Å². The highest BCUT2D eigenvalue weighted by Gasteiger charge is 2.28. The number of benzene rings is 2. The first-order valence-corrected chi connectivity index (χ1v) is 8.45. The molecule has 114 valence electrons. The van der Waals surface area contributed by atoms with Crippen LogP contribution < -0.4 is 0 Å². The summed E-state index contributed by atoms with van der Waals surface area (Å²) in [6, 6.07) is 15.0. The lowest BCUT2D eigenvalue weighted by atomic mass is 9.89. The van der Waals surface area contributed by atoms with Crippen molar-refractivity contribution in [2.24, 2.45) is 0 Å². The van der Waals surface area contributed by atoms with Crippen LogP contribution in [0.1, 0.15) is 41.7 Å². The fourth-order valence-electron chi connectivity index (χ4n) is 2.88. The van der Waals surface area contributed by atoms with E-state index in [4.69, 9.17) is 4.74 Å². The Hall–Kier alpha value is -1.40. The van der Waals surface area contributed by atoms with E-state index in [0.29, 0.717) is 5.56 Å². The number of esters is 1. The Kier molecular flexibility index (Phi) is 4.78. The van der Waals surface area contributed by atoms with Gasteiger partial charge >= 0.3 is 5.97 Å². The Bertz CT molecular complexity index is 669. The highest BCUT2D eigenvalue weighted by atomic mass is 127. The van der Waals surface area contributed by atoms with Crippen LogP contribution in [0.2, 0.25) is 0 Å². The maximum Gasteiger partial charge on any atom is 0.340 e. The number of ether oxygens (including phenoxy) is 1. The minimum absolute atomic E-state index is 0.261. The number of aliphatic hydroxyl groups excluding tert-OH is 1. The van der Waals surface area contributed by atoms with E-state index in [-0.39, 0.29) is 6.10 Å². The Morgan fingerprint density at radius 3 is 2.73 bits per heavy atom. The summed E-state index contributed by atoms with van der Waals surface area (Å²) in [4.78, 5) is 12.3. The first kappa shape index (κ1) is 15.5. The lowest BCUT2D eigenvalue weighted by molar-refractivity contribution is -0.160. The SMILES string of the molecule is O=C(O[C@@H]1CCCc2cccc(I)c21)[C@H](O)c1ccccc1. The van der Waals surface area contributed by atoms with E-state index in [9.17, 15) is 9.90 Å². The minimum atomic E-state index is -1.23. The van der Waals surface area contributed by atoms with Crippen molar-refractivity contribution in [3.8, 4) is 0 Å². The molecule has 4 heteroatoms. The van der Waals surface area contributed by atoms with Gasteiger partial charge in [0.25, 0.3) is 0 Å². The van der Waals surface area contributed by atoms with Gasteiger partial charge in [-0.05, 0) is 59.0 Å². The van der Waals surface area contributed by atoms with Crippen LogP contribution in [-0.4, -0.2) is 11.1 Å². The van der Waals surface area contributed by atoms with Crippen LogP contribution >= 0.6 is 22.6 Å². The summed E-state index contributed by atoms with van der Waals surface area (Å²) >= 11 is 2.28. The maximum atomic E-state index is 12.3. The molecule has 3 rings (SSSR count). The van der Waals surface area contributed by atoms with Gasteiger partial charge in [-0.2, -0.15) is 0 Å². The summed E-state index contributed by atoms with van der Waals surface area (Å²) in [5.74, 6) is -0.580. The molecule has 0 aromatic heterocycles. The van der Waals surface area contributed by atoms with E-state index in [1.807, 2.05) is 18.2 Å². The molecule has 0 radical (unpaired) electrons. The monoisotopic (exact) mass is 408 g/mol. The molecule has 22 heavy (non-hydrogen) atoms. The van der Waals surface area contributed by atoms with Gasteiger partial charge in [0.1, 0.15) is 6.10 Å². The van der Waals surface area contributed by atoms with Crippen molar-refractivity contribution < 1.29 is 14.6 Å². The average molecular weight is 408 g/mol. The van der Waals surface area contributed by atoms with Crippen LogP contribution in [-0.2, 0) is 16.0 Å². The zero-order valence-corrected chi connectivity index (χ0v) is 14.2. The molecule has 2 aromatic carbocycles. The van der Waals surface area contributed by atoms with Gasteiger partial charge < -0.3 is 9.84 Å². The molecule has 0 saturated carbocycles. The van der Waals surface area contributed by atoms with Crippen molar-refractivity contribution in [3.05, 3.63) is 68.8 Å². The largest absolute Gasteiger partial charge is 0.455 e. The zero-order chi connectivity index (χ0) is 15.5. The number of hydrogen-bond donors (Lipinski definition) is 1. The summed E-state index contributed by atoms with van der Waals surface area (Å²) in [5.41, 5.74) is 2.90. The summed E-state index contributed by atoms with van der Waals surface area (Å²) < 4.78 is 6.73. The summed E-state index contributed by atoms with van der Waals surface area (Å²) in [6.07, 6.45) is 1.32. The number of rotatable bonds is 3. The minimum Gasteiger partial charge on any atom is -0.455 e. The molecular formula is C18H17IO3. The Balaban J connectivity index is 1.79. The van der Waals surface area contributed by atoms with Crippen molar-refractivity contribution in [3.63, 3.8) is 0 Å². The van der Waals surface area contributed by atoms with Crippen molar-refractivity contribution in [1.29, 1.82) is 0 Å². The van der Waals surface area contributed by atoms with Crippen LogP contribution in [0, 0.1) is 3.57 Å². The van der Waals surface area contributed by atoms with Gasteiger partial charge in [-0.25, -0.2) is 4.79 Å². The maximum absolute atomic E-state index is 12.3. The zero-order valence-electron chi connectivity index (χ0n) is 12.0. The van der Waals surface area contributed by atoms with Crippen molar-refractivity contribution in [2.75, 3.05) is 0 Å². The number of halogens is 1. The molecule has 3 nitrogen and oxygen atoms in total. The molecule has 0 fully saturated rings. The fraction of sp³-hybridized carbons (Fsp3) is 0.278. The molecule has 0 spiro atoms. The van der Waals surface area contributed by atoms with Gasteiger partial charge in [0.2, 0.25) is 0 Å². The lowest BCUT2D eigenvalue weighted by Crippen LogP contribution is -2.22. The van der Waals surface area contributed by atoms with Gasteiger partial charge in [0.05, 0.1) is 0 Å². The number of fused-ring (bicyclic) bond motifs is 1. The molecule has 0 aliphatic heterocycles. The summed E-state index contributed by atoms with van der Waals surface area (Å²) in [7, 11) is 0. The normalized spacial score (nSPS) is 18.4. The van der Waals surface area contributed by atoms with Gasteiger partial charge in [-0.3, -0.25) is 0 Å². The molecule has 1 aliphatic rings. The molecule has 0 amide bonds. The predicted octanol–water partition coefficient (Wildman–Crippen LogP) is 3.95. The quantitative estimate of drug-likeness (QED) is 0.618. The van der Waals surface area contributed by atoms with Crippen LogP contribution in [0.15, 0.2) is 48.5 Å². The number of hydrogen-bond acceptors (Lipinski definition) is 3. The van der Waals surface area contributed by atoms with E-state index in [1.54, 1.807) is 24.3 Å². The van der Waals surface area contributed by atoms with Crippen molar-refractivity contribution in [1.82, 2.24) is 0 Å². The van der Waals surface area contributed by atoms with Gasteiger partial charge in [-0.1, -0.05) is 42.5 Å². The van der Waals surface area contributed by atoms with Gasteiger partial charge in [-0.15, -0.1) is 0 Å². The smallest absolute Gasteiger partial charge is 0.340 e. The average Bonchev–Trinajstić information content (AvgIpc) is 2.55. The second-order valence-electron chi connectivity index (χ2n) is 5.44. The van der Waals surface area contributed by atoms with Crippen LogP contribution in [0.4, 0.5) is 0 Å². The number of aryl methyl sites for hydroxylation is 1. The number of carbonyl (C=O) groups excluding carboxylic acids is 1. The highest BCUT2D eigenvalue weighted by molar-refractivity contribution is 14.1. The van der Waals surface area contributed by atoms with Crippen molar-refractivity contribution in [2.45, 2.75) is 31.5 Å². The Morgan fingerprint density at radius 1 is 1.18 bits per heavy atom. The first-order chi connectivity index (χ1) is 10.7. The van der Waals surface area contributed by atoms with E-state index < -0.39 is 12.1 Å². The second-order valence-corrected chi connectivity index (χ2v) is 6.61. The third-order valence-corrected chi connectivity index (χ3v) is 4.92. The Labute approximate surface area is 143 Å². The van der Waals surface area contributed by atoms with Crippen molar-refractivity contribution >= 4 is 28.6 Å². The van der Waals surface area contributed by atoms with Gasteiger partial charge in [0, 0.05) is 9.13 Å². The topological polar surface area (TPSA) is 46.5 Å². The molecule has 2 aromatic rings.